The summed E-state index contributed by atoms with van der Waals surface area (Å²) < 4.78 is 31.6. The van der Waals surface area contributed by atoms with Crippen LogP contribution in [0.1, 0.15) is 25.5 Å². The largest absolute Gasteiger partial charge is 0.468 e. The highest BCUT2D eigenvalue weighted by Crippen LogP contribution is 2.18. The van der Waals surface area contributed by atoms with Crippen molar-refractivity contribution in [3.63, 3.8) is 0 Å². The van der Waals surface area contributed by atoms with Crippen molar-refractivity contribution in [1.82, 2.24) is 9.21 Å². The van der Waals surface area contributed by atoms with Gasteiger partial charge in [-0.2, -0.15) is 0 Å². The lowest BCUT2D eigenvalue weighted by Crippen LogP contribution is -2.30. The van der Waals surface area contributed by atoms with E-state index in [1.54, 1.807) is 31.5 Å². The molecule has 2 rings (SSSR count). The third-order valence-electron chi connectivity index (χ3n) is 4.09. The monoisotopic (exact) mass is 393 g/mol. The number of sulfonamides is 1. The second kappa shape index (κ2) is 9.68. The summed E-state index contributed by atoms with van der Waals surface area (Å²) in [7, 11) is -0.100. The van der Waals surface area contributed by atoms with Crippen LogP contribution in [-0.4, -0.2) is 50.7 Å². The average Bonchev–Trinajstić information content (AvgIpc) is 3.12. The second-order valence-corrected chi connectivity index (χ2v) is 8.55. The van der Waals surface area contributed by atoms with Crippen LogP contribution in [0.3, 0.4) is 0 Å². The van der Waals surface area contributed by atoms with Crippen LogP contribution < -0.4 is 5.32 Å². The summed E-state index contributed by atoms with van der Waals surface area (Å²) in [6.07, 6.45) is 3.34. The van der Waals surface area contributed by atoms with Crippen molar-refractivity contribution < 1.29 is 17.6 Å². The molecule has 0 aliphatic carbocycles. The molecule has 8 heteroatoms. The number of unbranched alkanes of at least 4 members (excludes halogenated alkanes) is 1. The van der Waals surface area contributed by atoms with Gasteiger partial charge in [0, 0.05) is 19.3 Å². The summed E-state index contributed by atoms with van der Waals surface area (Å²) in [4.78, 5) is 14.2. The van der Waals surface area contributed by atoms with E-state index in [2.05, 4.69) is 5.32 Å². The van der Waals surface area contributed by atoms with Crippen molar-refractivity contribution >= 4 is 21.6 Å². The van der Waals surface area contributed by atoms with Crippen LogP contribution in [0.15, 0.2) is 52.0 Å². The quantitative estimate of drug-likeness (QED) is 0.671. The highest BCUT2D eigenvalue weighted by atomic mass is 32.2. The van der Waals surface area contributed by atoms with Crippen LogP contribution in [0.4, 0.5) is 5.69 Å². The minimum Gasteiger partial charge on any atom is -0.468 e. The van der Waals surface area contributed by atoms with Crippen LogP contribution in [0.5, 0.6) is 0 Å². The zero-order valence-electron chi connectivity index (χ0n) is 16.0. The highest BCUT2D eigenvalue weighted by Gasteiger charge is 2.20. The van der Waals surface area contributed by atoms with Gasteiger partial charge >= 0.3 is 0 Å². The van der Waals surface area contributed by atoms with Gasteiger partial charge in [-0.25, -0.2) is 12.7 Å². The number of anilines is 1. The molecule has 27 heavy (non-hydrogen) atoms. The van der Waals surface area contributed by atoms with Crippen LogP contribution in [0, 0.1) is 0 Å². The molecule has 1 aromatic carbocycles. The van der Waals surface area contributed by atoms with Crippen molar-refractivity contribution in [3.8, 4) is 0 Å². The van der Waals surface area contributed by atoms with Crippen molar-refractivity contribution in [1.29, 1.82) is 0 Å². The van der Waals surface area contributed by atoms with E-state index in [1.807, 2.05) is 24.9 Å². The van der Waals surface area contributed by atoms with Crippen molar-refractivity contribution in [3.05, 3.63) is 48.4 Å². The van der Waals surface area contributed by atoms with Gasteiger partial charge in [-0.15, -0.1) is 0 Å². The van der Waals surface area contributed by atoms with Gasteiger partial charge in [0.2, 0.25) is 15.9 Å². The SMILES string of the molecule is CCCCN(C)S(=O)(=O)c1ccc(NC(=O)CN(C)Cc2ccco2)cc1. The van der Waals surface area contributed by atoms with Crippen molar-refractivity contribution in [2.75, 3.05) is 32.5 Å². The molecule has 1 N–H and O–H groups in total. The lowest BCUT2D eigenvalue weighted by Gasteiger charge is -2.17. The van der Waals surface area contributed by atoms with Crippen LogP contribution in [0.25, 0.3) is 0 Å². The van der Waals surface area contributed by atoms with Crippen molar-refractivity contribution in [2.24, 2.45) is 0 Å². The number of hydrogen-bond donors (Lipinski definition) is 1. The van der Waals surface area contributed by atoms with Gasteiger partial charge in [0.25, 0.3) is 0 Å². The Labute approximate surface area is 161 Å². The first-order valence-corrected chi connectivity index (χ1v) is 10.3. The van der Waals surface area contributed by atoms with E-state index in [9.17, 15) is 13.2 Å². The normalized spacial score (nSPS) is 11.9. The molecule has 1 aromatic heterocycles. The maximum Gasteiger partial charge on any atom is 0.242 e. The third kappa shape index (κ3) is 6.20. The highest BCUT2D eigenvalue weighted by molar-refractivity contribution is 7.89. The van der Waals surface area contributed by atoms with E-state index >= 15 is 0 Å². The maximum atomic E-state index is 12.5. The van der Waals surface area contributed by atoms with Crippen LogP contribution in [-0.2, 0) is 21.4 Å². The Morgan fingerprint density at radius 1 is 1.15 bits per heavy atom. The molecule has 7 nitrogen and oxygen atoms in total. The molecule has 0 unspecified atom stereocenters. The van der Waals surface area contributed by atoms with E-state index in [-0.39, 0.29) is 17.3 Å². The number of amides is 1. The molecule has 148 valence electrons. The minimum atomic E-state index is -3.50. The van der Waals surface area contributed by atoms with E-state index in [4.69, 9.17) is 4.42 Å². The summed E-state index contributed by atoms with van der Waals surface area (Å²) in [5.41, 5.74) is 0.557. The molecule has 2 aromatic rings. The predicted octanol–water partition coefficient (Wildman–Crippen LogP) is 2.77. The summed E-state index contributed by atoms with van der Waals surface area (Å²) in [6, 6.07) is 9.89. The Bertz CT molecular complexity index is 817. The molecule has 0 fully saturated rings. The summed E-state index contributed by atoms with van der Waals surface area (Å²) >= 11 is 0. The number of carbonyl (C=O) groups is 1. The molecular formula is C19H27N3O4S. The molecule has 0 aliphatic heterocycles. The molecule has 0 saturated carbocycles. The Morgan fingerprint density at radius 3 is 2.44 bits per heavy atom. The summed E-state index contributed by atoms with van der Waals surface area (Å²) in [5, 5.41) is 2.77. The van der Waals surface area contributed by atoms with E-state index in [0.717, 1.165) is 18.6 Å². The van der Waals surface area contributed by atoms with E-state index < -0.39 is 10.0 Å². The lowest BCUT2D eigenvalue weighted by atomic mass is 10.3. The number of hydrogen-bond acceptors (Lipinski definition) is 5. The van der Waals surface area contributed by atoms with Gasteiger partial charge in [0.15, 0.2) is 0 Å². The number of nitrogens with one attached hydrogen (secondary N) is 1. The second-order valence-electron chi connectivity index (χ2n) is 6.50. The van der Waals surface area contributed by atoms with Crippen molar-refractivity contribution in [2.45, 2.75) is 31.2 Å². The number of rotatable bonds is 10. The number of furan rings is 1. The van der Waals surface area contributed by atoms with Gasteiger partial charge in [-0.05, 0) is 49.9 Å². The standard InChI is InChI=1S/C19H27N3O4S/c1-4-5-12-22(3)27(24,25)18-10-8-16(9-11-18)20-19(23)15-21(2)14-17-7-6-13-26-17/h6-11,13H,4-5,12,14-15H2,1-3H3,(H,20,23). The Balaban J connectivity index is 1.91. The van der Waals surface area contributed by atoms with Gasteiger partial charge in [0.05, 0.1) is 24.2 Å². The number of nitrogens with zero attached hydrogens (tertiary/aromatic N) is 2. The fourth-order valence-electron chi connectivity index (χ4n) is 2.56. The predicted molar refractivity (Wildman–Crippen MR) is 105 cm³/mol. The topological polar surface area (TPSA) is 82.9 Å². The third-order valence-corrected chi connectivity index (χ3v) is 5.96. The molecule has 1 heterocycles. The number of benzene rings is 1. The number of likely N-dealkylation sites (N-methyl/N-ethyl adjacent to an activating group) is 1. The van der Waals surface area contributed by atoms with Crippen LogP contribution in [0.2, 0.25) is 0 Å². The molecule has 0 radical (unpaired) electrons. The number of carbonyl (C=O) groups excluding carboxylic acids is 1. The molecule has 0 atom stereocenters. The minimum absolute atomic E-state index is 0.181. The molecule has 1 amide bonds. The summed E-state index contributed by atoms with van der Waals surface area (Å²) in [5.74, 6) is 0.603. The zero-order chi connectivity index (χ0) is 19.9. The molecule has 0 spiro atoms. The maximum absolute atomic E-state index is 12.5. The fourth-order valence-corrected chi connectivity index (χ4v) is 3.77. The zero-order valence-corrected chi connectivity index (χ0v) is 16.8. The first-order valence-electron chi connectivity index (χ1n) is 8.90. The van der Waals surface area contributed by atoms with E-state index in [0.29, 0.717) is 18.8 Å². The Hall–Kier alpha value is -2.16. The van der Waals surface area contributed by atoms with Gasteiger partial charge in [-0.3, -0.25) is 9.69 Å². The molecule has 0 bridgehead atoms. The molecule has 0 saturated heterocycles. The summed E-state index contributed by atoms with van der Waals surface area (Å²) in [6.45, 7) is 3.23. The van der Waals surface area contributed by atoms with Gasteiger partial charge in [-0.1, -0.05) is 13.3 Å². The first kappa shape index (κ1) is 21.1. The first-order chi connectivity index (χ1) is 12.8. The van der Waals surface area contributed by atoms with Crippen LogP contribution >= 0.6 is 0 Å². The Kier molecular flexibility index (Phi) is 7.58. The average molecular weight is 394 g/mol. The van der Waals surface area contributed by atoms with E-state index in [1.165, 1.54) is 16.4 Å². The molecular weight excluding hydrogens is 366 g/mol. The molecule has 0 aliphatic rings. The Morgan fingerprint density at radius 2 is 1.85 bits per heavy atom. The lowest BCUT2D eigenvalue weighted by molar-refractivity contribution is -0.117. The van der Waals surface area contributed by atoms with Gasteiger partial charge in [0.1, 0.15) is 5.76 Å². The van der Waals surface area contributed by atoms with Gasteiger partial charge < -0.3 is 9.73 Å². The smallest absolute Gasteiger partial charge is 0.242 e. The fraction of sp³-hybridized carbons (Fsp3) is 0.421.